The number of rotatable bonds is 8. The first-order valence-corrected chi connectivity index (χ1v) is 20.7. The highest BCUT2D eigenvalue weighted by Gasteiger charge is 2.98. The van der Waals surface area contributed by atoms with Crippen LogP contribution in [0.25, 0.3) is 0 Å². The molecule has 0 fully saturated rings. The summed E-state index contributed by atoms with van der Waals surface area (Å²) in [6, 6.07) is 6.61. The van der Waals surface area contributed by atoms with Crippen molar-refractivity contribution in [3.63, 3.8) is 0 Å². The molecule has 0 nitrogen and oxygen atoms in total. The van der Waals surface area contributed by atoms with Gasteiger partial charge in [0.15, 0.2) is 30.8 Å². The molecule has 69 heavy (non-hydrogen) atoms. The highest BCUT2D eigenvalue weighted by atomic mass is 19.3. The molecule has 12 unspecified atom stereocenters. The molecule has 0 amide bonds. The number of halogens is 20. The molecule has 0 spiro atoms. The SMILES string of the molecule is FC1C=CC(F)([B-](C2(F)C=CC(F)C(F)(F)C2(F)c2ccccc2)(C2(F)C=CC(F)C(F)(F)C2(F)c2ccccc2)C2(F)C=CC(F)C(F)(F)C2(F)c2ccccc2)C(F)(c2ccccc2)C1(F)F. The van der Waals surface area contributed by atoms with Crippen molar-refractivity contribution in [2.45, 2.75) is 93.3 Å². The molecule has 0 bridgehead atoms. The zero-order chi connectivity index (χ0) is 50.9. The molecule has 0 saturated carbocycles. The Morgan fingerprint density at radius 3 is 0.580 bits per heavy atom. The van der Waals surface area contributed by atoms with Crippen LogP contribution in [-0.2, 0) is 22.7 Å². The van der Waals surface area contributed by atoms with Crippen LogP contribution in [0.3, 0.4) is 0 Å². The molecule has 4 aliphatic rings. The highest BCUT2D eigenvalue weighted by Crippen LogP contribution is 2.79. The second-order valence-electron chi connectivity index (χ2n) is 17.6. The molecule has 8 rings (SSSR count). The monoisotopic (exact) mass is 999 g/mol. The zero-order valence-electron chi connectivity index (χ0n) is 34.6. The number of hydrogen-bond donors (Lipinski definition) is 0. The molecule has 4 aromatic carbocycles. The summed E-state index contributed by atoms with van der Waals surface area (Å²) >= 11 is 0. The maximum absolute atomic E-state index is 20.6. The van der Waals surface area contributed by atoms with Crippen LogP contribution in [0.1, 0.15) is 22.3 Å². The van der Waals surface area contributed by atoms with Crippen molar-refractivity contribution in [2.75, 3.05) is 0 Å². The molecule has 0 aliphatic heterocycles. The van der Waals surface area contributed by atoms with Gasteiger partial charge in [-0.05, 0) is 46.6 Å². The van der Waals surface area contributed by atoms with Crippen LogP contribution in [-0.4, -0.2) is 76.8 Å². The molecule has 21 heteroatoms. The molecule has 4 aliphatic carbocycles. The van der Waals surface area contributed by atoms with Gasteiger partial charge in [0.2, 0.25) is 22.7 Å². The normalized spacial score (nSPS) is 41.6. The first-order valence-electron chi connectivity index (χ1n) is 20.7. The molecule has 368 valence electrons. The van der Waals surface area contributed by atoms with Gasteiger partial charge in [-0.2, -0.15) is 35.1 Å². The van der Waals surface area contributed by atoms with Gasteiger partial charge in [-0.3, -0.25) is 17.6 Å². The van der Waals surface area contributed by atoms with Crippen molar-refractivity contribution >= 4 is 6.15 Å². The van der Waals surface area contributed by atoms with Crippen molar-refractivity contribution in [3.8, 4) is 0 Å². The third-order valence-electron chi connectivity index (χ3n) is 14.6. The Labute approximate surface area is 379 Å². The highest BCUT2D eigenvalue weighted by molar-refractivity contribution is 6.93. The van der Waals surface area contributed by atoms with Crippen LogP contribution in [0.2, 0.25) is 0 Å². The summed E-state index contributed by atoms with van der Waals surface area (Å²) in [7, 11) is 0. The van der Waals surface area contributed by atoms with Gasteiger partial charge in [0.05, 0.1) is 22.3 Å². The predicted molar refractivity (Wildman–Crippen MR) is 214 cm³/mol. The van der Waals surface area contributed by atoms with Crippen LogP contribution in [0.15, 0.2) is 170 Å². The van der Waals surface area contributed by atoms with Gasteiger partial charge >= 0.3 is 23.7 Å². The minimum atomic E-state index is -8.84. The van der Waals surface area contributed by atoms with E-state index in [1.807, 2.05) is 0 Å². The smallest absolute Gasteiger partial charge is 0.278 e. The van der Waals surface area contributed by atoms with Crippen molar-refractivity contribution in [3.05, 3.63) is 192 Å². The average molecular weight is 1000 g/mol. The van der Waals surface area contributed by atoms with E-state index in [-0.39, 0.29) is 48.5 Å². The van der Waals surface area contributed by atoms with E-state index in [0.717, 1.165) is 24.3 Å². The van der Waals surface area contributed by atoms with E-state index >= 15 is 87.8 Å². The molecule has 0 radical (unpaired) electrons. The molecule has 0 saturated heterocycles. The van der Waals surface area contributed by atoms with E-state index < -0.39 is 170 Å². The number of hydrogen-bond acceptors (Lipinski definition) is 0. The summed E-state index contributed by atoms with van der Waals surface area (Å²) < 4.78 is 362. The van der Waals surface area contributed by atoms with Gasteiger partial charge in [-0.25, -0.2) is 35.1 Å². The Balaban J connectivity index is 1.83. The van der Waals surface area contributed by atoms with Gasteiger partial charge in [0, 0.05) is 0 Å². The van der Waals surface area contributed by atoms with Gasteiger partial charge in [-0.1, -0.05) is 146 Å². The standard InChI is InChI=1S/C48H32BF20/c50-33-21-25-37(54,41(58,45(33,62)63)29-13-5-1-6-14-29)49(38(55)26-22-34(51)46(64,65)42(38,59)30-15-7-2-8-16-30,39(56)27-23-35(52)47(66,67)43(39,60)31-17-9-3-10-18-31)40(57)28-24-36(53)48(68,69)44(40,61)32-19-11-4-12-20-32/h1-28,33-36H/q-1. The summed E-state index contributed by atoms with van der Waals surface area (Å²) in [6.07, 6.45) is -35.4. The minimum Gasteiger partial charge on any atom is -0.278 e. The van der Waals surface area contributed by atoms with Gasteiger partial charge in [0.1, 0.15) is 0 Å². The lowest BCUT2D eigenvalue weighted by Crippen LogP contribution is -2.99. The maximum Gasteiger partial charge on any atom is 0.319 e. The van der Waals surface area contributed by atoms with Crippen molar-refractivity contribution in [1.82, 2.24) is 0 Å². The Hall–Kier alpha value is -5.50. The van der Waals surface area contributed by atoms with Crippen LogP contribution in [0, 0.1) is 0 Å². The fraction of sp³-hybridized carbons (Fsp3) is 0.333. The topological polar surface area (TPSA) is 0 Å². The van der Waals surface area contributed by atoms with E-state index in [2.05, 4.69) is 0 Å². The quantitative estimate of drug-likeness (QED) is 0.0937. The molecule has 4 aromatic rings. The molecule has 0 aromatic heterocycles. The van der Waals surface area contributed by atoms with E-state index in [9.17, 15) is 0 Å². The molecule has 0 heterocycles. The lowest BCUT2D eigenvalue weighted by molar-refractivity contribution is -0.251. The number of alkyl halides is 20. The fourth-order valence-corrected chi connectivity index (χ4v) is 11.6. The minimum absolute atomic E-state index is 0.0237. The Morgan fingerprint density at radius 2 is 0.420 bits per heavy atom. The lowest BCUT2D eigenvalue weighted by Gasteiger charge is -2.76. The molecular weight excluding hydrogens is 967 g/mol. The van der Waals surface area contributed by atoms with Crippen molar-refractivity contribution in [2.24, 2.45) is 0 Å². The fourth-order valence-electron chi connectivity index (χ4n) is 11.6. The maximum atomic E-state index is 20.6. The van der Waals surface area contributed by atoms with Gasteiger partial charge < -0.3 is 0 Å². The summed E-state index contributed by atoms with van der Waals surface area (Å²) in [6.45, 7) is 0. The molecule has 0 N–H and O–H groups in total. The van der Waals surface area contributed by atoms with E-state index in [1.54, 1.807) is 0 Å². The second kappa shape index (κ2) is 15.3. The summed E-state index contributed by atoms with van der Waals surface area (Å²) in [5.41, 5.74) is -62.6. The van der Waals surface area contributed by atoms with E-state index in [1.165, 1.54) is 0 Å². The molecular formula is C48H32BF20-. The second-order valence-corrected chi connectivity index (χ2v) is 17.6. The zero-order valence-corrected chi connectivity index (χ0v) is 34.6. The Bertz CT molecular complexity index is 2330. The van der Waals surface area contributed by atoms with Crippen molar-refractivity contribution in [1.29, 1.82) is 0 Å². The summed E-state index contributed by atoms with van der Waals surface area (Å²) in [5.74, 6) is -26.2. The third-order valence-corrected chi connectivity index (χ3v) is 14.6. The summed E-state index contributed by atoms with van der Waals surface area (Å²) in [5, 5.41) is 0. The largest absolute Gasteiger partial charge is 0.319 e. The predicted octanol–water partition coefficient (Wildman–Crippen LogP) is 14.1. The molecule has 12 atom stereocenters. The Morgan fingerprint density at radius 1 is 0.261 bits per heavy atom. The van der Waals surface area contributed by atoms with Gasteiger partial charge in [-0.15, -0.1) is 0 Å². The van der Waals surface area contributed by atoms with Crippen molar-refractivity contribution < 1.29 is 87.8 Å². The average Bonchev–Trinajstić information content (AvgIpc) is 3.33. The lowest BCUT2D eigenvalue weighted by atomic mass is 8.95. The van der Waals surface area contributed by atoms with Gasteiger partial charge in [0.25, 0.3) is 0 Å². The van der Waals surface area contributed by atoms with E-state index in [4.69, 9.17) is 0 Å². The van der Waals surface area contributed by atoms with Crippen LogP contribution < -0.4 is 0 Å². The number of allylic oxidation sites excluding steroid dienone is 8. The summed E-state index contributed by atoms with van der Waals surface area (Å²) in [4.78, 5) is 0. The first-order chi connectivity index (χ1) is 31.9. The van der Waals surface area contributed by atoms with Crippen LogP contribution in [0.4, 0.5) is 87.8 Å². The van der Waals surface area contributed by atoms with Crippen LogP contribution >= 0.6 is 0 Å². The number of benzene rings is 4. The first kappa shape index (κ1) is 49.9. The van der Waals surface area contributed by atoms with E-state index in [0.29, 0.717) is 48.5 Å². The Kier molecular flexibility index (Phi) is 11.0. The third kappa shape index (κ3) is 5.37. The van der Waals surface area contributed by atoms with Crippen LogP contribution in [0.5, 0.6) is 0 Å².